The van der Waals surface area contributed by atoms with Crippen LogP contribution in [0.5, 0.6) is 0 Å². The highest BCUT2D eigenvalue weighted by molar-refractivity contribution is 5.79. The van der Waals surface area contributed by atoms with Gasteiger partial charge in [-0.05, 0) is 32.4 Å². The third-order valence-corrected chi connectivity index (χ3v) is 3.79. The van der Waals surface area contributed by atoms with Crippen LogP contribution >= 0.6 is 0 Å². The summed E-state index contributed by atoms with van der Waals surface area (Å²) in [5.74, 6) is -0.382. The highest BCUT2D eigenvalue weighted by Gasteiger charge is 2.47. The molecule has 0 bridgehead atoms. The molecule has 1 fully saturated rings. The maximum Gasteiger partial charge on any atom is 0.324 e. The number of nitrogens with zero attached hydrogens (tertiary/aromatic N) is 1. The summed E-state index contributed by atoms with van der Waals surface area (Å²) in [6.45, 7) is 4.89. The van der Waals surface area contributed by atoms with E-state index in [0.29, 0.717) is 0 Å². The number of aliphatic carboxylic acids is 1. The molecule has 0 aromatic rings. The van der Waals surface area contributed by atoms with Crippen molar-refractivity contribution in [2.24, 2.45) is 5.92 Å². The Bertz CT molecular complexity index is 211. The van der Waals surface area contributed by atoms with E-state index >= 15 is 0 Å². The van der Waals surface area contributed by atoms with Crippen LogP contribution < -0.4 is 0 Å². The van der Waals surface area contributed by atoms with Crippen LogP contribution in [0.3, 0.4) is 0 Å². The van der Waals surface area contributed by atoms with Crippen LogP contribution in [0.4, 0.5) is 0 Å². The first-order valence-electron chi connectivity index (χ1n) is 5.50. The highest BCUT2D eigenvalue weighted by atomic mass is 16.4. The van der Waals surface area contributed by atoms with Crippen LogP contribution in [0.1, 0.15) is 39.5 Å². The van der Waals surface area contributed by atoms with E-state index in [1.54, 1.807) is 0 Å². The summed E-state index contributed by atoms with van der Waals surface area (Å²) in [5.41, 5.74) is -0.604. The fourth-order valence-electron chi connectivity index (χ4n) is 2.66. The normalized spacial score (nSPS) is 33.3. The molecule has 3 heteroatoms. The lowest BCUT2D eigenvalue weighted by atomic mass is 9.72. The fourth-order valence-corrected chi connectivity index (χ4v) is 2.66. The van der Waals surface area contributed by atoms with Gasteiger partial charge in [0.1, 0.15) is 5.54 Å². The number of hydrogen-bond acceptors (Lipinski definition) is 2. The second kappa shape index (κ2) is 4.30. The second-order valence-electron chi connectivity index (χ2n) is 4.39. The van der Waals surface area contributed by atoms with E-state index in [4.69, 9.17) is 0 Å². The highest BCUT2D eigenvalue weighted by Crippen LogP contribution is 2.37. The van der Waals surface area contributed by atoms with Gasteiger partial charge in [0.05, 0.1) is 0 Å². The van der Waals surface area contributed by atoms with Gasteiger partial charge in [-0.2, -0.15) is 0 Å². The maximum absolute atomic E-state index is 11.4. The lowest BCUT2D eigenvalue weighted by molar-refractivity contribution is -0.157. The van der Waals surface area contributed by atoms with Gasteiger partial charge < -0.3 is 5.11 Å². The van der Waals surface area contributed by atoms with Gasteiger partial charge in [-0.3, -0.25) is 9.69 Å². The summed E-state index contributed by atoms with van der Waals surface area (Å²) in [5, 5.41) is 9.42. The van der Waals surface area contributed by atoms with Crippen LogP contribution in [0.15, 0.2) is 0 Å². The molecule has 0 amide bonds. The van der Waals surface area contributed by atoms with Gasteiger partial charge in [-0.15, -0.1) is 0 Å². The molecule has 1 saturated carbocycles. The van der Waals surface area contributed by atoms with Crippen molar-refractivity contribution in [2.45, 2.75) is 45.1 Å². The summed E-state index contributed by atoms with van der Waals surface area (Å²) in [7, 11) is 1.93. The summed E-state index contributed by atoms with van der Waals surface area (Å²) < 4.78 is 0. The van der Waals surface area contributed by atoms with Gasteiger partial charge in [-0.25, -0.2) is 0 Å². The molecule has 14 heavy (non-hydrogen) atoms. The van der Waals surface area contributed by atoms with Crippen molar-refractivity contribution in [1.29, 1.82) is 0 Å². The molecule has 1 rings (SSSR count). The summed E-state index contributed by atoms with van der Waals surface area (Å²) in [4.78, 5) is 13.4. The van der Waals surface area contributed by atoms with E-state index in [2.05, 4.69) is 6.92 Å². The fraction of sp³-hybridized carbons (Fsp3) is 0.909. The Morgan fingerprint density at radius 1 is 1.57 bits per heavy atom. The molecule has 1 aliphatic carbocycles. The molecule has 0 spiro atoms. The SMILES string of the molecule is CCN(C)C1(C(=O)O)CCCCC1C. The van der Waals surface area contributed by atoms with Gasteiger partial charge in [0, 0.05) is 0 Å². The monoisotopic (exact) mass is 199 g/mol. The Morgan fingerprint density at radius 2 is 2.21 bits per heavy atom. The van der Waals surface area contributed by atoms with Crippen molar-refractivity contribution in [2.75, 3.05) is 13.6 Å². The Morgan fingerprint density at radius 3 is 2.64 bits per heavy atom. The van der Waals surface area contributed by atoms with Crippen molar-refractivity contribution in [3.05, 3.63) is 0 Å². The average molecular weight is 199 g/mol. The number of carboxylic acid groups (broad SMARTS) is 1. The van der Waals surface area contributed by atoms with Crippen molar-refractivity contribution >= 4 is 5.97 Å². The lowest BCUT2D eigenvalue weighted by Gasteiger charge is -2.45. The van der Waals surface area contributed by atoms with E-state index in [9.17, 15) is 9.90 Å². The molecule has 0 aliphatic heterocycles. The molecule has 1 N–H and O–H groups in total. The van der Waals surface area contributed by atoms with E-state index in [1.165, 1.54) is 6.42 Å². The first-order chi connectivity index (χ1) is 6.55. The Kier molecular flexibility index (Phi) is 3.53. The molecule has 3 nitrogen and oxygen atoms in total. The molecule has 2 atom stereocenters. The van der Waals surface area contributed by atoms with Gasteiger partial charge in [0.2, 0.25) is 0 Å². The van der Waals surface area contributed by atoms with Crippen LogP contribution in [-0.2, 0) is 4.79 Å². The molecule has 1 aliphatic rings. The predicted octanol–water partition coefficient (Wildman–Crippen LogP) is 1.97. The number of carboxylic acids is 1. The summed E-state index contributed by atoms with van der Waals surface area (Å²) >= 11 is 0. The van der Waals surface area contributed by atoms with E-state index in [-0.39, 0.29) is 5.92 Å². The molecule has 0 aromatic carbocycles. The van der Waals surface area contributed by atoms with Crippen molar-refractivity contribution < 1.29 is 9.90 Å². The van der Waals surface area contributed by atoms with Gasteiger partial charge in [-0.1, -0.05) is 26.7 Å². The number of likely N-dealkylation sites (N-methyl/N-ethyl adjacent to an activating group) is 1. The smallest absolute Gasteiger partial charge is 0.324 e. The summed E-state index contributed by atoms with van der Waals surface area (Å²) in [6.07, 6.45) is 4.05. The Balaban J connectivity index is 2.94. The Labute approximate surface area is 86.1 Å². The summed E-state index contributed by atoms with van der Waals surface area (Å²) in [6, 6.07) is 0. The molecule has 0 heterocycles. The topological polar surface area (TPSA) is 40.5 Å². The van der Waals surface area contributed by atoms with Gasteiger partial charge >= 0.3 is 5.97 Å². The zero-order chi connectivity index (χ0) is 10.8. The third kappa shape index (κ3) is 1.65. The lowest BCUT2D eigenvalue weighted by Crippen LogP contribution is -2.58. The van der Waals surface area contributed by atoms with Gasteiger partial charge in [0.25, 0.3) is 0 Å². The van der Waals surface area contributed by atoms with Crippen LogP contribution in [-0.4, -0.2) is 35.1 Å². The number of hydrogen-bond donors (Lipinski definition) is 1. The van der Waals surface area contributed by atoms with Gasteiger partial charge in [0.15, 0.2) is 0 Å². The van der Waals surface area contributed by atoms with E-state index in [0.717, 1.165) is 25.8 Å². The molecular formula is C11H21NO2. The standard InChI is InChI=1S/C11H21NO2/c1-4-12(3)11(10(13)14)8-6-5-7-9(11)2/h9H,4-8H2,1-3H3,(H,13,14). The minimum Gasteiger partial charge on any atom is -0.480 e. The first kappa shape index (κ1) is 11.5. The maximum atomic E-state index is 11.4. The third-order valence-electron chi connectivity index (χ3n) is 3.79. The molecule has 82 valence electrons. The quantitative estimate of drug-likeness (QED) is 0.755. The largest absolute Gasteiger partial charge is 0.480 e. The molecular weight excluding hydrogens is 178 g/mol. The molecule has 0 aromatic heterocycles. The van der Waals surface area contributed by atoms with Crippen LogP contribution in [0.25, 0.3) is 0 Å². The van der Waals surface area contributed by atoms with E-state index in [1.807, 2.05) is 18.9 Å². The second-order valence-corrected chi connectivity index (χ2v) is 4.39. The molecule has 0 saturated heterocycles. The molecule has 0 radical (unpaired) electrons. The van der Waals surface area contributed by atoms with Crippen LogP contribution in [0.2, 0.25) is 0 Å². The van der Waals surface area contributed by atoms with Crippen molar-refractivity contribution in [3.63, 3.8) is 0 Å². The zero-order valence-electron chi connectivity index (χ0n) is 9.42. The Hall–Kier alpha value is -0.570. The average Bonchev–Trinajstić information content (AvgIpc) is 2.17. The first-order valence-corrected chi connectivity index (χ1v) is 5.50. The number of carbonyl (C=O) groups is 1. The van der Waals surface area contributed by atoms with Crippen LogP contribution in [0, 0.1) is 5.92 Å². The predicted molar refractivity (Wildman–Crippen MR) is 56.3 cm³/mol. The van der Waals surface area contributed by atoms with Crippen molar-refractivity contribution in [3.8, 4) is 0 Å². The number of rotatable bonds is 3. The minimum absolute atomic E-state index is 0.263. The zero-order valence-corrected chi connectivity index (χ0v) is 9.42. The van der Waals surface area contributed by atoms with E-state index < -0.39 is 11.5 Å². The van der Waals surface area contributed by atoms with Crippen molar-refractivity contribution in [1.82, 2.24) is 4.90 Å². The minimum atomic E-state index is -0.644. The molecule has 2 unspecified atom stereocenters.